The first-order valence-electron chi connectivity index (χ1n) is 5.97. The predicted octanol–water partition coefficient (Wildman–Crippen LogP) is 0.676. The molecule has 100 valence electrons. The van der Waals surface area contributed by atoms with Crippen molar-refractivity contribution in [1.82, 2.24) is 15.1 Å². The van der Waals surface area contributed by atoms with E-state index in [-0.39, 0.29) is 17.6 Å². The molecular weight excluding hydrogens is 234 g/mol. The predicted molar refractivity (Wildman–Crippen MR) is 65.3 cm³/mol. The number of carbonyl (C=O) groups excluding carboxylic acids is 1. The van der Waals surface area contributed by atoms with Gasteiger partial charge in [-0.1, -0.05) is 0 Å². The monoisotopic (exact) mass is 253 g/mol. The quantitative estimate of drug-likeness (QED) is 0.860. The van der Waals surface area contributed by atoms with Crippen molar-refractivity contribution in [3.8, 4) is 0 Å². The molecule has 0 radical (unpaired) electrons. The highest BCUT2D eigenvalue weighted by Crippen LogP contribution is 2.22. The topological polar surface area (TPSA) is 67.5 Å². The van der Waals surface area contributed by atoms with E-state index in [0.717, 1.165) is 0 Å². The summed E-state index contributed by atoms with van der Waals surface area (Å²) in [6.07, 6.45) is 1.48. The summed E-state index contributed by atoms with van der Waals surface area (Å²) in [4.78, 5) is 14.0. The summed E-state index contributed by atoms with van der Waals surface area (Å²) < 4.78 is 11.0. The SMILES string of the molecule is COC[C@H]1CN(C(=O)c2ccn[nH]2)CC(C)(C)O1. The minimum atomic E-state index is -0.364. The van der Waals surface area contributed by atoms with Crippen LogP contribution in [0.2, 0.25) is 0 Å². The molecule has 0 saturated carbocycles. The maximum Gasteiger partial charge on any atom is 0.272 e. The number of aromatic amines is 1. The molecule has 1 aromatic rings. The van der Waals surface area contributed by atoms with E-state index in [1.54, 1.807) is 24.3 Å². The van der Waals surface area contributed by atoms with E-state index in [0.29, 0.717) is 25.4 Å². The van der Waals surface area contributed by atoms with Crippen LogP contribution < -0.4 is 0 Å². The maximum atomic E-state index is 12.3. The lowest BCUT2D eigenvalue weighted by Gasteiger charge is -2.42. The average Bonchev–Trinajstić information content (AvgIpc) is 2.79. The van der Waals surface area contributed by atoms with Gasteiger partial charge in [0.2, 0.25) is 0 Å². The molecule has 2 rings (SSSR count). The highest BCUT2D eigenvalue weighted by atomic mass is 16.5. The third-order valence-electron chi connectivity index (χ3n) is 2.85. The fraction of sp³-hybridized carbons (Fsp3) is 0.667. The number of nitrogens with zero attached hydrogens (tertiary/aromatic N) is 2. The second-order valence-corrected chi connectivity index (χ2v) is 5.11. The molecule has 18 heavy (non-hydrogen) atoms. The molecule has 1 atom stereocenters. The van der Waals surface area contributed by atoms with Crippen molar-refractivity contribution in [2.45, 2.75) is 25.6 Å². The molecule has 1 saturated heterocycles. The molecule has 6 nitrogen and oxygen atoms in total. The largest absolute Gasteiger partial charge is 0.382 e. The van der Waals surface area contributed by atoms with Crippen molar-refractivity contribution in [3.63, 3.8) is 0 Å². The Labute approximate surface area is 106 Å². The number of amides is 1. The van der Waals surface area contributed by atoms with Gasteiger partial charge in [0, 0.05) is 26.4 Å². The van der Waals surface area contributed by atoms with Crippen LogP contribution in [0.25, 0.3) is 0 Å². The number of aromatic nitrogens is 2. The first-order valence-corrected chi connectivity index (χ1v) is 5.97. The van der Waals surface area contributed by atoms with Crippen LogP contribution in [0.15, 0.2) is 12.3 Å². The van der Waals surface area contributed by atoms with Gasteiger partial charge in [-0.25, -0.2) is 0 Å². The van der Waals surface area contributed by atoms with Gasteiger partial charge in [-0.05, 0) is 19.9 Å². The van der Waals surface area contributed by atoms with Crippen molar-refractivity contribution >= 4 is 5.91 Å². The van der Waals surface area contributed by atoms with Gasteiger partial charge in [0.25, 0.3) is 5.91 Å². The van der Waals surface area contributed by atoms with Crippen molar-refractivity contribution in [3.05, 3.63) is 18.0 Å². The van der Waals surface area contributed by atoms with E-state index in [9.17, 15) is 4.79 Å². The number of nitrogens with one attached hydrogen (secondary N) is 1. The molecule has 1 aromatic heterocycles. The number of hydrogen-bond acceptors (Lipinski definition) is 4. The molecule has 2 heterocycles. The normalized spacial score (nSPS) is 23.1. The lowest BCUT2D eigenvalue weighted by atomic mass is 10.0. The zero-order chi connectivity index (χ0) is 13.2. The Bertz CT molecular complexity index is 403. The lowest BCUT2D eigenvalue weighted by Crippen LogP contribution is -2.55. The molecule has 1 amide bonds. The van der Waals surface area contributed by atoms with E-state index in [1.165, 1.54) is 0 Å². The molecule has 1 aliphatic rings. The van der Waals surface area contributed by atoms with Gasteiger partial charge >= 0.3 is 0 Å². The number of methoxy groups -OCH3 is 1. The fourth-order valence-corrected chi connectivity index (χ4v) is 2.27. The molecule has 0 unspecified atom stereocenters. The Morgan fingerprint density at radius 2 is 2.50 bits per heavy atom. The first-order chi connectivity index (χ1) is 8.52. The zero-order valence-electron chi connectivity index (χ0n) is 11.0. The van der Waals surface area contributed by atoms with Crippen LogP contribution in [0.4, 0.5) is 0 Å². The smallest absolute Gasteiger partial charge is 0.272 e. The van der Waals surface area contributed by atoms with Gasteiger partial charge in [-0.2, -0.15) is 5.10 Å². The summed E-state index contributed by atoms with van der Waals surface area (Å²) in [5.74, 6) is -0.0509. The Morgan fingerprint density at radius 3 is 3.11 bits per heavy atom. The summed E-state index contributed by atoms with van der Waals surface area (Å²) in [6, 6.07) is 1.68. The van der Waals surface area contributed by atoms with Crippen LogP contribution in [0.5, 0.6) is 0 Å². The van der Waals surface area contributed by atoms with Crippen molar-refractivity contribution in [2.75, 3.05) is 26.8 Å². The highest BCUT2D eigenvalue weighted by Gasteiger charge is 2.36. The Balaban J connectivity index is 2.10. The van der Waals surface area contributed by atoms with Gasteiger partial charge in [0.15, 0.2) is 0 Å². The van der Waals surface area contributed by atoms with Crippen LogP contribution in [-0.2, 0) is 9.47 Å². The summed E-state index contributed by atoms with van der Waals surface area (Å²) in [6.45, 7) is 5.53. The fourth-order valence-electron chi connectivity index (χ4n) is 2.27. The van der Waals surface area contributed by atoms with E-state index in [4.69, 9.17) is 9.47 Å². The van der Waals surface area contributed by atoms with Crippen LogP contribution in [0.3, 0.4) is 0 Å². The van der Waals surface area contributed by atoms with E-state index < -0.39 is 0 Å². The minimum absolute atomic E-state index is 0.0509. The number of ether oxygens (including phenoxy) is 2. The zero-order valence-corrected chi connectivity index (χ0v) is 11.0. The number of hydrogen-bond donors (Lipinski definition) is 1. The van der Waals surface area contributed by atoms with Gasteiger partial charge in [-0.15, -0.1) is 0 Å². The molecule has 1 aliphatic heterocycles. The molecule has 0 aliphatic carbocycles. The number of rotatable bonds is 3. The Hall–Kier alpha value is -1.40. The Kier molecular flexibility index (Phi) is 3.68. The van der Waals surface area contributed by atoms with Gasteiger partial charge in [0.1, 0.15) is 5.69 Å². The third kappa shape index (κ3) is 2.88. The number of morpholine rings is 1. The number of carbonyl (C=O) groups is 1. The highest BCUT2D eigenvalue weighted by molar-refractivity contribution is 5.92. The maximum absolute atomic E-state index is 12.3. The second kappa shape index (κ2) is 5.07. The van der Waals surface area contributed by atoms with Crippen molar-refractivity contribution in [2.24, 2.45) is 0 Å². The molecule has 1 N–H and O–H groups in total. The lowest BCUT2D eigenvalue weighted by molar-refractivity contribution is -0.143. The molecule has 0 bridgehead atoms. The van der Waals surface area contributed by atoms with Gasteiger partial charge < -0.3 is 14.4 Å². The Morgan fingerprint density at radius 1 is 1.72 bits per heavy atom. The van der Waals surface area contributed by atoms with Crippen LogP contribution >= 0.6 is 0 Å². The van der Waals surface area contributed by atoms with Crippen molar-refractivity contribution < 1.29 is 14.3 Å². The third-order valence-corrected chi connectivity index (χ3v) is 2.85. The van der Waals surface area contributed by atoms with E-state index in [1.807, 2.05) is 13.8 Å². The van der Waals surface area contributed by atoms with Crippen molar-refractivity contribution in [1.29, 1.82) is 0 Å². The van der Waals surface area contributed by atoms with Crippen LogP contribution in [-0.4, -0.2) is 59.5 Å². The first kappa shape index (κ1) is 13.0. The summed E-state index contributed by atoms with van der Waals surface area (Å²) in [5, 5.41) is 6.50. The minimum Gasteiger partial charge on any atom is -0.382 e. The van der Waals surface area contributed by atoms with Gasteiger partial charge in [-0.3, -0.25) is 9.89 Å². The van der Waals surface area contributed by atoms with Crippen LogP contribution in [0.1, 0.15) is 24.3 Å². The molecular formula is C12H19N3O3. The molecule has 0 spiro atoms. The average molecular weight is 253 g/mol. The second-order valence-electron chi connectivity index (χ2n) is 5.11. The number of H-pyrrole nitrogens is 1. The molecule has 1 fully saturated rings. The van der Waals surface area contributed by atoms with Crippen LogP contribution in [0, 0.1) is 0 Å². The molecule has 0 aromatic carbocycles. The molecule has 6 heteroatoms. The summed E-state index contributed by atoms with van der Waals surface area (Å²) in [7, 11) is 1.63. The standard InChI is InChI=1S/C12H19N3O3/c1-12(2)8-15(6-9(18-12)7-17-3)11(16)10-4-5-13-14-10/h4-5,9H,6-8H2,1-3H3,(H,13,14)/t9-/m1/s1. The van der Waals surface area contributed by atoms with E-state index in [2.05, 4.69) is 10.2 Å². The summed E-state index contributed by atoms with van der Waals surface area (Å²) in [5.41, 5.74) is 0.140. The van der Waals surface area contributed by atoms with Gasteiger partial charge in [0.05, 0.1) is 18.3 Å². The summed E-state index contributed by atoms with van der Waals surface area (Å²) >= 11 is 0. The van der Waals surface area contributed by atoms with E-state index >= 15 is 0 Å².